The fourth-order valence-electron chi connectivity index (χ4n) is 0.913. The summed E-state index contributed by atoms with van der Waals surface area (Å²) in [5.41, 5.74) is 0.500. The summed E-state index contributed by atoms with van der Waals surface area (Å²) in [4.78, 5) is 11.3. The molecule has 4 nitrogen and oxygen atoms in total. The lowest BCUT2D eigenvalue weighted by atomic mass is 10.3. The van der Waals surface area contributed by atoms with Crippen LogP contribution in [0.15, 0.2) is 24.4 Å². The second-order valence-electron chi connectivity index (χ2n) is 2.58. The summed E-state index contributed by atoms with van der Waals surface area (Å²) >= 11 is 0. The van der Waals surface area contributed by atoms with E-state index in [0.717, 1.165) is 6.42 Å². The number of hydrogen-bond acceptors (Lipinski definition) is 2. The van der Waals surface area contributed by atoms with Gasteiger partial charge < -0.3 is 5.32 Å². The van der Waals surface area contributed by atoms with Crippen LogP contribution in [-0.2, 0) is 0 Å². The molecule has 0 saturated heterocycles. The maximum atomic E-state index is 11.3. The number of allylic oxidation sites excluding steroid dienone is 1. The molecule has 0 saturated carbocycles. The van der Waals surface area contributed by atoms with Gasteiger partial charge in [0.05, 0.1) is 0 Å². The first-order valence-corrected chi connectivity index (χ1v) is 4.23. The van der Waals surface area contributed by atoms with Gasteiger partial charge >= 0.3 is 0 Å². The van der Waals surface area contributed by atoms with Crippen molar-refractivity contribution in [3.8, 4) is 0 Å². The summed E-state index contributed by atoms with van der Waals surface area (Å²) in [5.74, 6) is -0.109. The van der Waals surface area contributed by atoms with Gasteiger partial charge in [-0.15, -0.1) is 0 Å². The maximum absolute atomic E-state index is 11.3. The Morgan fingerprint density at radius 2 is 2.62 bits per heavy atom. The predicted molar refractivity (Wildman–Crippen MR) is 50.4 cm³/mol. The van der Waals surface area contributed by atoms with Crippen LogP contribution in [0.4, 0.5) is 0 Å². The molecule has 13 heavy (non-hydrogen) atoms. The van der Waals surface area contributed by atoms with E-state index in [4.69, 9.17) is 0 Å². The zero-order chi connectivity index (χ0) is 9.52. The minimum atomic E-state index is -0.109. The van der Waals surface area contributed by atoms with Gasteiger partial charge in [-0.1, -0.05) is 12.2 Å². The minimum Gasteiger partial charge on any atom is -0.350 e. The summed E-state index contributed by atoms with van der Waals surface area (Å²) in [6.45, 7) is 2.61. The highest BCUT2D eigenvalue weighted by Gasteiger charge is 2.03. The molecule has 1 aromatic rings. The second-order valence-corrected chi connectivity index (χ2v) is 2.58. The summed E-state index contributed by atoms with van der Waals surface area (Å²) in [5, 5.41) is 9.04. The van der Waals surface area contributed by atoms with Crippen LogP contribution in [0, 0.1) is 0 Å². The van der Waals surface area contributed by atoms with Crippen LogP contribution in [0.3, 0.4) is 0 Å². The van der Waals surface area contributed by atoms with E-state index in [2.05, 4.69) is 15.5 Å². The van der Waals surface area contributed by atoms with Gasteiger partial charge in [-0.2, -0.15) is 5.10 Å². The quantitative estimate of drug-likeness (QED) is 0.537. The molecule has 0 aliphatic rings. The molecule has 1 rings (SSSR count). The van der Waals surface area contributed by atoms with Crippen molar-refractivity contribution in [1.29, 1.82) is 0 Å². The van der Waals surface area contributed by atoms with Crippen molar-refractivity contribution in [3.05, 3.63) is 30.1 Å². The van der Waals surface area contributed by atoms with E-state index in [-0.39, 0.29) is 5.91 Å². The Morgan fingerprint density at radius 1 is 1.77 bits per heavy atom. The van der Waals surface area contributed by atoms with Crippen LogP contribution in [-0.4, -0.2) is 22.6 Å². The molecule has 0 aliphatic heterocycles. The van der Waals surface area contributed by atoms with E-state index in [1.807, 2.05) is 19.1 Å². The number of H-pyrrole nitrogens is 1. The molecule has 0 radical (unpaired) electrons. The number of rotatable bonds is 4. The Morgan fingerprint density at radius 3 is 3.23 bits per heavy atom. The maximum Gasteiger partial charge on any atom is 0.269 e. The normalized spacial score (nSPS) is 10.5. The Labute approximate surface area is 77.0 Å². The molecule has 1 aromatic heterocycles. The van der Waals surface area contributed by atoms with Gasteiger partial charge in [-0.25, -0.2) is 0 Å². The minimum absolute atomic E-state index is 0.109. The summed E-state index contributed by atoms with van der Waals surface area (Å²) < 4.78 is 0. The van der Waals surface area contributed by atoms with E-state index in [0.29, 0.717) is 12.2 Å². The van der Waals surface area contributed by atoms with Crippen molar-refractivity contribution in [2.24, 2.45) is 0 Å². The SMILES string of the molecule is C/C=C/CCNC(=O)c1ccn[nH]1. The molecule has 0 spiro atoms. The van der Waals surface area contributed by atoms with Crippen molar-refractivity contribution < 1.29 is 4.79 Å². The molecule has 0 atom stereocenters. The Bertz CT molecular complexity index is 277. The standard InChI is InChI=1S/C9H13N3O/c1-2-3-4-6-10-9(13)8-5-7-11-12-8/h2-3,5,7H,4,6H2,1H3,(H,10,13)(H,11,12)/b3-2+. The van der Waals surface area contributed by atoms with Gasteiger partial charge in [0.15, 0.2) is 0 Å². The van der Waals surface area contributed by atoms with Crippen molar-refractivity contribution in [3.63, 3.8) is 0 Å². The molecule has 0 unspecified atom stereocenters. The number of carbonyl (C=O) groups excluding carboxylic acids is 1. The van der Waals surface area contributed by atoms with Crippen molar-refractivity contribution in [1.82, 2.24) is 15.5 Å². The molecule has 0 aromatic carbocycles. The molecule has 0 aliphatic carbocycles. The van der Waals surface area contributed by atoms with Crippen LogP contribution in [0.25, 0.3) is 0 Å². The van der Waals surface area contributed by atoms with Crippen LogP contribution in [0.5, 0.6) is 0 Å². The lowest BCUT2D eigenvalue weighted by Crippen LogP contribution is -2.24. The topological polar surface area (TPSA) is 57.8 Å². The van der Waals surface area contributed by atoms with Gasteiger partial charge in [-0.05, 0) is 19.4 Å². The van der Waals surface area contributed by atoms with Crippen LogP contribution in [0.2, 0.25) is 0 Å². The first-order chi connectivity index (χ1) is 6.34. The van der Waals surface area contributed by atoms with Crippen LogP contribution < -0.4 is 5.32 Å². The Kier molecular flexibility index (Phi) is 3.75. The molecular weight excluding hydrogens is 166 g/mol. The average molecular weight is 179 g/mol. The third-order valence-corrected chi connectivity index (χ3v) is 1.58. The monoisotopic (exact) mass is 179 g/mol. The number of amides is 1. The first-order valence-electron chi connectivity index (χ1n) is 4.23. The van der Waals surface area contributed by atoms with Crippen LogP contribution >= 0.6 is 0 Å². The zero-order valence-electron chi connectivity index (χ0n) is 7.58. The second kappa shape index (κ2) is 5.13. The third-order valence-electron chi connectivity index (χ3n) is 1.58. The lowest BCUT2D eigenvalue weighted by Gasteiger charge is -1.99. The molecule has 2 N–H and O–H groups in total. The number of hydrogen-bond donors (Lipinski definition) is 2. The van der Waals surface area contributed by atoms with Crippen LogP contribution in [0.1, 0.15) is 23.8 Å². The van der Waals surface area contributed by atoms with Gasteiger partial charge in [0.25, 0.3) is 5.91 Å². The zero-order valence-corrected chi connectivity index (χ0v) is 7.58. The first kappa shape index (κ1) is 9.51. The molecular formula is C9H13N3O. The highest BCUT2D eigenvalue weighted by atomic mass is 16.1. The van der Waals surface area contributed by atoms with Gasteiger partial charge in [0.1, 0.15) is 5.69 Å². The number of aromatic nitrogens is 2. The highest BCUT2D eigenvalue weighted by Crippen LogP contribution is 1.90. The Hall–Kier alpha value is -1.58. The average Bonchev–Trinajstić information content (AvgIpc) is 2.65. The van der Waals surface area contributed by atoms with E-state index in [9.17, 15) is 4.79 Å². The molecule has 0 bridgehead atoms. The number of nitrogens with zero attached hydrogens (tertiary/aromatic N) is 1. The molecule has 1 amide bonds. The summed E-state index contributed by atoms with van der Waals surface area (Å²) in [7, 11) is 0. The molecule has 70 valence electrons. The fourth-order valence-corrected chi connectivity index (χ4v) is 0.913. The van der Waals surface area contributed by atoms with Gasteiger partial charge in [0, 0.05) is 12.7 Å². The molecule has 0 fully saturated rings. The van der Waals surface area contributed by atoms with Crippen molar-refractivity contribution >= 4 is 5.91 Å². The van der Waals surface area contributed by atoms with Crippen molar-refractivity contribution in [2.45, 2.75) is 13.3 Å². The molecule has 1 heterocycles. The third kappa shape index (κ3) is 3.11. The highest BCUT2D eigenvalue weighted by molar-refractivity contribution is 5.92. The fraction of sp³-hybridized carbons (Fsp3) is 0.333. The largest absolute Gasteiger partial charge is 0.350 e. The summed E-state index contributed by atoms with van der Waals surface area (Å²) in [6, 6.07) is 1.64. The smallest absolute Gasteiger partial charge is 0.269 e. The summed E-state index contributed by atoms with van der Waals surface area (Å²) in [6.07, 6.45) is 6.38. The number of aromatic amines is 1. The number of nitrogens with one attached hydrogen (secondary N) is 2. The number of carbonyl (C=O) groups is 1. The van der Waals surface area contributed by atoms with E-state index in [1.54, 1.807) is 12.3 Å². The van der Waals surface area contributed by atoms with E-state index in [1.165, 1.54) is 0 Å². The Balaban J connectivity index is 2.27. The van der Waals surface area contributed by atoms with Crippen molar-refractivity contribution in [2.75, 3.05) is 6.54 Å². The lowest BCUT2D eigenvalue weighted by molar-refractivity contribution is 0.0949. The predicted octanol–water partition coefficient (Wildman–Crippen LogP) is 1.11. The van der Waals surface area contributed by atoms with Gasteiger partial charge in [0.2, 0.25) is 0 Å². The van der Waals surface area contributed by atoms with Gasteiger partial charge in [-0.3, -0.25) is 9.89 Å². The molecule has 4 heteroatoms. The van der Waals surface area contributed by atoms with E-state index < -0.39 is 0 Å². The van der Waals surface area contributed by atoms with E-state index >= 15 is 0 Å².